The number of nitrogens with two attached hydrogens (primary N) is 2. The Hall–Kier alpha value is -1.76. The standard InChI is InChI=1S/C5H7N7/c6-1-12-5-3(10-11-12)4(7)8-2-9-5/h2H,1,6H2,(H2,7,8,9). The summed E-state index contributed by atoms with van der Waals surface area (Å²) in [5.74, 6) is 0.319. The zero-order chi connectivity index (χ0) is 8.55. The van der Waals surface area contributed by atoms with Gasteiger partial charge < -0.3 is 11.5 Å². The van der Waals surface area contributed by atoms with Gasteiger partial charge in [0.15, 0.2) is 17.0 Å². The van der Waals surface area contributed by atoms with Crippen molar-refractivity contribution in [3.8, 4) is 0 Å². The molecule has 7 heteroatoms. The zero-order valence-corrected chi connectivity index (χ0v) is 6.18. The van der Waals surface area contributed by atoms with E-state index in [0.717, 1.165) is 0 Å². The minimum atomic E-state index is 0.229. The average molecular weight is 165 g/mol. The van der Waals surface area contributed by atoms with Crippen molar-refractivity contribution < 1.29 is 0 Å². The van der Waals surface area contributed by atoms with Gasteiger partial charge in [-0.05, 0) is 0 Å². The molecular formula is C5H7N7. The second-order valence-corrected chi connectivity index (χ2v) is 2.20. The third-order valence-corrected chi connectivity index (χ3v) is 1.50. The summed E-state index contributed by atoms with van der Waals surface area (Å²) in [4.78, 5) is 7.70. The average Bonchev–Trinajstić information content (AvgIpc) is 2.49. The van der Waals surface area contributed by atoms with Crippen molar-refractivity contribution in [2.75, 3.05) is 5.73 Å². The molecule has 0 aromatic carbocycles. The van der Waals surface area contributed by atoms with Crippen LogP contribution in [-0.4, -0.2) is 25.0 Å². The Morgan fingerprint density at radius 3 is 3.00 bits per heavy atom. The van der Waals surface area contributed by atoms with Crippen LogP contribution in [0.15, 0.2) is 6.33 Å². The van der Waals surface area contributed by atoms with Crippen LogP contribution < -0.4 is 11.5 Å². The summed E-state index contributed by atoms with van der Waals surface area (Å²) >= 11 is 0. The molecule has 2 aromatic heterocycles. The van der Waals surface area contributed by atoms with Gasteiger partial charge in [0.25, 0.3) is 0 Å². The second-order valence-electron chi connectivity index (χ2n) is 2.20. The van der Waals surface area contributed by atoms with Gasteiger partial charge in [0.2, 0.25) is 0 Å². The Bertz CT molecular complexity index is 405. The highest BCUT2D eigenvalue weighted by atomic mass is 15.5. The van der Waals surface area contributed by atoms with Crippen molar-refractivity contribution in [1.82, 2.24) is 25.0 Å². The van der Waals surface area contributed by atoms with E-state index in [1.54, 1.807) is 0 Å². The fourth-order valence-corrected chi connectivity index (χ4v) is 0.931. The Balaban J connectivity index is 2.80. The molecule has 4 N–H and O–H groups in total. The van der Waals surface area contributed by atoms with E-state index >= 15 is 0 Å². The molecular weight excluding hydrogens is 158 g/mol. The third kappa shape index (κ3) is 0.800. The van der Waals surface area contributed by atoms with E-state index in [1.807, 2.05) is 0 Å². The first-order valence-corrected chi connectivity index (χ1v) is 3.32. The fourth-order valence-electron chi connectivity index (χ4n) is 0.931. The first-order chi connectivity index (χ1) is 5.83. The molecule has 0 amide bonds. The van der Waals surface area contributed by atoms with E-state index in [9.17, 15) is 0 Å². The lowest BCUT2D eigenvalue weighted by Gasteiger charge is -1.94. The van der Waals surface area contributed by atoms with Crippen LogP contribution in [0.2, 0.25) is 0 Å². The van der Waals surface area contributed by atoms with E-state index in [4.69, 9.17) is 11.5 Å². The normalized spacial score (nSPS) is 10.8. The summed E-state index contributed by atoms with van der Waals surface area (Å²) < 4.78 is 1.45. The second kappa shape index (κ2) is 2.38. The van der Waals surface area contributed by atoms with Gasteiger partial charge in [-0.3, -0.25) is 0 Å². The molecule has 62 valence electrons. The number of nitrogens with zero attached hydrogens (tertiary/aromatic N) is 5. The lowest BCUT2D eigenvalue weighted by molar-refractivity contribution is 0.622. The van der Waals surface area contributed by atoms with Crippen LogP contribution in [-0.2, 0) is 6.67 Å². The molecule has 2 aromatic rings. The summed E-state index contributed by atoms with van der Waals surface area (Å²) in [5, 5.41) is 7.51. The number of nitrogen functional groups attached to an aromatic ring is 1. The van der Waals surface area contributed by atoms with E-state index in [2.05, 4.69) is 20.3 Å². The van der Waals surface area contributed by atoms with Crippen molar-refractivity contribution in [2.45, 2.75) is 6.67 Å². The maximum absolute atomic E-state index is 5.52. The van der Waals surface area contributed by atoms with Crippen LogP contribution in [0.25, 0.3) is 11.2 Å². The molecule has 12 heavy (non-hydrogen) atoms. The van der Waals surface area contributed by atoms with Crippen molar-refractivity contribution in [3.05, 3.63) is 6.33 Å². The minimum absolute atomic E-state index is 0.229. The molecule has 0 aliphatic rings. The summed E-state index contributed by atoms with van der Waals surface area (Å²) in [7, 11) is 0. The van der Waals surface area contributed by atoms with E-state index < -0.39 is 0 Å². The lowest BCUT2D eigenvalue weighted by Crippen LogP contribution is -2.09. The van der Waals surface area contributed by atoms with Gasteiger partial charge >= 0.3 is 0 Å². The van der Waals surface area contributed by atoms with Crippen LogP contribution in [0.5, 0.6) is 0 Å². The molecule has 0 atom stereocenters. The number of hydrogen-bond acceptors (Lipinski definition) is 6. The first kappa shape index (κ1) is 6.92. The van der Waals surface area contributed by atoms with E-state index in [0.29, 0.717) is 17.0 Å². The van der Waals surface area contributed by atoms with Gasteiger partial charge in [0.05, 0.1) is 6.67 Å². The highest BCUT2D eigenvalue weighted by molar-refractivity contribution is 5.80. The lowest BCUT2D eigenvalue weighted by atomic mass is 10.5. The molecule has 0 radical (unpaired) electrons. The highest BCUT2D eigenvalue weighted by Crippen LogP contribution is 2.10. The van der Waals surface area contributed by atoms with Gasteiger partial charge in [-0.1, -0.05) is 5.21 Å². The van der Waals surface area contributed by atoms with E-state index in [1.165, 1.54) is 11.0 Å². The zero-order valence-electron chi connectivity index (χ0n) is 6.18. The maximum Gasteiger partial charge on any atom is 0.185 e. The molecule has 0 unspecified atom stereocenters. The third-order valence-electron chi connectivity index (χ3n) is 1.50. The number of anilines is 1. The Labute approximate surface area is 67.4 Å². The fraction of sp³-hybridized carbons (Fsp3) is 0.200. The monoisotopic (exact) mass is 165 g/mol. The van der Waals surface area contributed by atoms with Crippen molar-refractivity contribution in [3.63, 3.8) is 0 Å². The molecule has 0 spiro atoms. The molecule has 0 fully saturated rings. The van der Waals surface area contributed by atoms with Crippen molar-refractivity contribution in [1.29, 1.82) is 0 Å². The summed E-state index contributed by atoms with van der Waals surface area (Å²) in [5.41, 5.74) is 11.9. The Kier molecular flexibility index (Phi) is 1.37. The highest BCUT2D eigenvalue weighted by Gasteiger charge is 2.06. The number of aromatic nitrogens is 5. The molecule has 0 saturated carbocycles. The molecule has 0 aliphatic carbocycles. The van der Waals surface area contributed by atoms with Crippen LogP contribution in [0.3, 0.4) is 0 Å². The quantitative estimate of drug-likeness (QED) is 0.544. The smallest absolute Gasteiger partial charge is 0.185 e. The molecule has 2 heterocycles. The topological polar surface area (TPSA) is 109 Å². The van der Waals surface area contributed by atoms with Crippen LogP contribution >= 0.6 is 0 Å². The molecule has 7 nitrogen and oxygen atoms in total. The first-order valence-electron chi connectivity index (χ1n) is 3.32. The van der Waals surface area contributed by atoms with Gasteiger partial charge in [0.1, 0.15) is 6.33 Å². The number of hydrogen-bond donors (Lipinski definition) is 2. The van der Waals surface area contributed by atoms with Crippen molar-refractivity contribution >= 4 is 17.0 Å². The predicted molar refractivity (Wildman–Crippen MR) is 41.7 cm³/mol. The summed E-state index contributed by atoms with van der Waals surface area (Å²) in [6.45, 7) is 0.229. The Morgan fingerprint density at radius 1 is 1.42 bits per heavy atom. The van der Waals surface area contributed by atoms with Gasteiger partial charge in [0, 0.05) is 0 Å². The molecule has 0 aliphatic heterocycles. The van der Waals surface area contributed by atoms with Gasteiger partial charge in [-0.25, -0.2) is 14.6 Å². The van der Waals surface area contributed by atoms with Crippen LogP contribution in [0, 0.1) is 0 Å². The van der Waals surface area contributed by atoms with E-state index in [-0.39, 0.29) is 6.67 Å². The largest absolute Gasteiger partial charge is 0.382 e. The SMILES string of the molecule is NCn1nnc2c(N)ncnc21. The number of rotatable bonds is 1. The van der Waals surface area contributed by atoms with Crippen LogP contribution in [0.1, 0.15) is 0 Å². The number of fused-ring (bicyclic) bond motifs is 1. The minimum Gasteiger partial charge on any atom is -0.382 e. The Morgan fingerprint density at radius 2 is 2.25 bits per heavy atom. The van der Waals surface area contributed by atoms with Gasteiger partial charge in [-0.15, -0.1) is 5.10 Å². The maximum atomic E-state index is 5.52. The van der Waals surface area contributed by atoms with Crippen LogP contribution in [0.4, 0.5) is 5.82 Å². The molecule has 2 rings (SSSR count). The summed E-state index contributed by atoms with van der Waals surface area (Å²) in [6.07, 6.45) is 1.35. The molecule has 0 bridgehead atoms. The summed E-state index contributed by atoms with van der Waals surface area (Å²) in [6, 6.07) is 0. The predicted octanol–water partition coefficient (Wildman–Crippen LogP) is -1.28. The van der Waals surface area contributed by atoms with Crippen molar-refractivity contribution in [2.24, 2.45) is 5.73 Å². The molecule has 0 saturated heterocycles. The van der Waals surface area contributed by atoms with Gasteiger partial charge in [-0.2, -0.15) is 0 Å².